The Morgan fingerprint density at radius 2 is 1.50 bits per heavy atom. The van der Waals surface area contributed by atoms with E-state index in [9.17, 15) is 29.1 Å². The molecule has 0 spiro atoms. The number of ether oxygens (including phenoxy) is 2. The number of aliphatic hydroxyl groups is 1. The number of amides is 3. The van der Waals surface area contributed by atoms with Gasteiger partial charge in [-0.25, -0.2) is 4.79 Å². The van der Waals surface area contributed by atoms with Crippen LogP contribution in [0.2, 0.25) is 0 Å². The molecule has 3 amide bonds. The van der Waals surface area contributed by atoms with Crippen LogP contribution in [-0.2, 0) is 51.3 Å². The van der Waals surface area contributed by atoms with Crippen LogP contribution in [0.5, 0.6) is 0 Å². The number of likely N-dealkylation sites (N-methyl/N-ethyl adjacent to an activating group) is 1. The van der Waals surface area contributed by atoms with E-state index in [-0.39, 0.29) is 61.7 Å². The first-order valence-electron chi connectivity index (χ1n) is 20.8. The Labute approximate surface area is 357 Å². The monoisotopic (exact) mass is 838 g/mol. The number of aryl methyl sites for hydroxylation is 3. The summed E-state index contributed by atoms with van der Waals surface area (Å²) in [4.78, 5) is 69.0. The van der Waals surface area contributed by atoms with E-state index in [1.807, 2.05) is 68.4 Å². The molecule has 0 fully saturated rings. The third-order valence-electron chi connectivity index (χ3n) is 10.9. The highest BCUT2D eigenvalue weighted by Gasteiger charge is 2.28. The van der Waals surface area contributed by atoms with Crippen LogP contribution >= 0.6 is 11.3 Å². The molecule has 1 heterocycles. The number of carbonyl (C=O) groups is 5. The second kappa shape index (κ2) is 22.3. The van der Waals surface area contributed by atoms with Crippen molar-refractivity contribution in [2.75, 3.05) is 51.1 Å². The molecule has 3 aromatic carbocycles. The van der Waals surface area contributed by atoms with Gasteiger partial charge in [0.1, 0.15) is 5.00 Å². The number of benzene rings is 3. The Balaban J connectivity index is 1.24. The number of hydrogen-bond donors (Lipinski definition) is 3. The number of aliphatic hydroxyl groups excluding tert-OH is 1. The quantitative estimate of drug-likeness (QED) is 0.0777. The number of rotatable bonds is 20. The van der Waals surface area contributed by atoms with E-state index in [2.05, 4.69) is 15.5 Å². The van der Waals surface area contributed by atoms with E-state index in [4.69, 9.17) is 9.47 Å². The zero-order valence-corrected chi connectivity index (χ0v) is 36.2. The van der Waals surface area contributed by atoms with E-state index in [0.29, 0.717) is 47.0 Å². The van der Waals surface area contributed by atoms with Gasteiger partial charge in [-0.1, -0.05) is 50.2 Å². The SMILES string of the molecule is CCOC(=O)CCC(=O)N(C)CCN(Cc1cccc(C(=O)Nc2sc3c(c2C(=O)Nc2ccc(CCc4ccc(C(=O)OC)cc4)cc2)CCCC3)c1)[C@@H](CO)C(C)C. The topological polar surface area (TPSA) is 155 Å². The van der Waals surface area contributed by atoms with Crippen molar-refractivity contribution in [2.45, 2.75) is 84.7 Å². The summed E-state index contributed by atoms with van der Waals surface area (Å²) >= 11 is 1.47. The zero-order chi connectivity index (χ0) is 43.2. The molecule has 320 valence electrons. The van der Waals surface area contributed by atoms with Crippen molar-refractivity contribution in [3.63, 3.8) is 0 Å². The predicted octanol–water partition coefficient (Wildman–Crippen LogP) is 7.32. The number of fused-ring (bicyclic) bond motifs is 1. The number of nitrogens with zero attached hydrogens (tertiary/aromatic N) is 2. The fourth-order valence-electron chi connectivity index (χ4n) is 7.42. The van der Waals surface area contributed by atoms with Crippen molar-refractivity contribution in [1.82, 2.24) is 9.80 Å². The molecule has 1 aromatic heterocycles. The maximum atomic E-state index is 14.0. The molecule has 60 heavy (non-hydrogen) atoms. The molecule has 0 aliphatic heterocycles. The molecule has 1 aliphatic rings. The van der Waals surface area contributed by atoms with Crippen LogP contribution < -0.4 is 10.6 Å². The highest BCUT2D eigenvalue weighted by atomic mass is 32.1. The molecular weight excluding hydrogens is 781 g/mol. The maximum Gasteiger partial charge on any atom is 0.337 e. The molecule has 0 radical (unpaired) electrons. The number of methoxy groups -OCH3 is 1. The summed E-state index contributed by atoms with van der Waals surface area (Å²) in [6.45, 7) is 7.28. The van der Waals surface area contributed by atoms with Gasteiger partial charge in [-0.15, -0.1) is 11.3 Å². The molecule has 0 saturated heterocycles. The van der Waals surface area contributed by atoms with Crippen molar-refractivity contribution in [3.05, 3.63) is 117 Å². The Bertz CT molecular complexity index is 2100. The lowest BCUT2D eigenvalue weighted by atomic mass is 9.95. The van der Waals surface area contributed by atoms with Gasteiger partial charge in [0, 0.05) is 55.3 Å². The summed E-state index contributed by atoms with van der Waals surface area (Å²) in [5.41, 5.74) is 6.19. The third kappa shape index (κ3) is 12.6. The Morgan fingerprint density at radius 1 is 0.817 bits per heavy atom. The molecule has 12 nitrogen and oxygen atoms in total. The van der Waals surface area contributed by atoms with Gasteiger partial charge in [-0.3, -0.25) is 24.1 Å². The Kier molecular flexibility index (Phi) is 17.0. The minimum absolute atomic E-state index is 0.0233. The van der Waals surface area contributed by atoms with Crippen molar-refractivity contribution in [3.8, 4) is 0 Å². The van der Waals surface area contributed by atoms with Crippen LogP contribution in [0.1, 0.15) is 105 Å². The Morgan fingerprint density at radius 3 is 2.15 bits per heavy atom. The van der Waals surface area contributed by atoms with E-state index < -0.39 is 5.97 Å². The molecule has 0 saturated carbocycles. The third-order valence-corrected chi connectivity index (χ3v) is 12.1. The van der Waals surface area contributed by atoms with Gasteiger partial charge in [-0.2, -0.15) is 0 Å². The number of hydrogen-bond acceptors (Lipinski definition) is 10. The lowest BCUT2D eigenvalue weighted by Gasteiger charge is -2.34. The number of thiophene rings is 1. The van der Waals surface area contributed by atoms with Crippen LogP contribution in [0.15, 0.2) is 72.8 Å². The molecule has 13 heteroatoms. The van der Waals surface area contributed by atoms with E-state index in [1.165, 1.54) is 18.4 Å². The lowest BCUT2D eigenvalue weighted by Crippen LogP contribution is -2.45. The highest BCUT2D eigenvalue weighted by molar-refractivity contribution is 7.17. The van der Waals surface area contributed by atoms with Gasteiger partial charge in [0.05, 0.1) is 37.9 Å². The van der Waals surface area contributed by atoms with E-state index >= 15 is 0 Å². The van der Waals surface area contributed by atoms with Crippen LogP contribution in [0, 0.1) is 5.92 Å². The van der Waals surface area contributed by atoms with Crippen LogP contribution in [0.3, 0.4) is 0 Å². The first-order chi connectivity index (χ1) is 28.9. The summed E-state index contributed by atoms with van der Waals surface area (Å²) in [5, 5.41) is 17.1. The fourth-order valence-corrected chi connectivity index (χ4v) is 8.71. The second-order valence-electron chi connectivity index (χ2n) is 15.5. The maximum absolute atomic E-state index is 14.0. The minimum atomic E-state index is -0.402. The van der Waals surface area contributed by atoms with Gasteiger partial charge in [0.25, 0.3) is 11.8 Å². The normalized spacial score (nSPS) is 12.7. The highest BCUT2D eigenvalue weighted by Crippen LogP contribution is 2.39. The molecule has 4 aromatic rings. The number of esters is 2. The largest absolute Gasteiger partial charge is 0.466 e. The summed E-state index contributed by atoms with van der Waals surface area (Å²) < 4.78 is 9.74. The lowest BCUT2D eigenvalue weighted by molar-refractivity contribution is -0.145. The molecule has 0 bridgehead atoms. The average Bonchev–Trinajstić information content (AvgIpc) is 3.62. The van der Waals surface area contributed by atoms with Gasteiger partial charge in [-0.05, 0) is 110 Å². The van der Waals surface area contributed by atoms with E-state index in [1.54, 1.807) is 37.1 Å². The Hall–Kier alpha value is -5.37. The number of carbonyl (C=O) groups excluding carboxylic acids is 5. The number of nitrogens with one attached hydrogen (secondary N) is 2. The van der Waals surface area contributed by atoms with Crippen molar-refractivity contribution in [2.24, 2.45) is 5.92 Å². The van der Waals surface area contributed by atoms with Crippen LogP contribution in [-0.4, -0.2) is 91.1 Å². The van der Waals surface area contributed by atoms with Gasteiger partial charge >= 0.3 is 11.9 Å². The van der Waals surface area contributed by atoms with Crippen molar-refractivity contribution < 1.29 is 38.6 Å². The summed E-state index contributed by atoms with van der Waals surface area (Å²) in [6.07, 6.45) is 5.29. The first kappa shape index (κ1) is 45.7. The average molecular weight is 839 g/mol. The summed E-state index contributed by atoms with van der Waals surface area (Å²) in [5.74, 6) is -1.40. The van der Waals surface area contributed by atoms with E-state index in [0.717, 1.165) is 65.7 Å². The molecule has 5 rings (SSSR count). The standard InChI is InChI=1S/C47H58N4O8S/c1-6-59-42(54)25-24-41(53)50(4)26-27-51(39(30-52)31(2)3)29-34-10-9-11-36(28-34)44(55)49-46-43(38-12-7-8-13-40(38)60-46)45(56)48-37-22-18-33(19-23-37)15-14-32-16-20-35(21-17-32)47(57)58-5/h9-11,16-23,28,31,39,52H,6-8,12-15,24-27,29-30H2,1-5H3,(H,48,56)(H,49,55)/t39-/m0/s1. The van der Waals surface area contributed by atoms with Crippen LogP contribution in [0.25, 0.3) is 0 Å². The molecular formula is C47H58N4O8S. The van der Waals surface area contributed by atoms with Gasteiger partial charge < -0.3 is 30.1 Å². The smallest absolute Gasteiger partial charge is 0.337 e. The molecule has 1 aliphatic carbocycles. The first-order valence-corrected chi connectivity index (χ1v) is 21.6. The minimum Gasteiger partial charge on any atom is -0.466 e. The second-order valence-corrected chi connectivity index (χ2v) is 16.6. The van der Waals surface area contributed by atoms with Crippen molar-refractivity contribution >= 4 is 51.7 Å². The fraction of sp³-hybridized carbons (Fsp3) is 0.426. The van der Waals surface area contributed by atoms with Crippen LogP contribution in [0.4, 0.5) is 10.7 Å². The summed E-state index contributed by atoms with van der Waals surface area (Å²) in [6, 6.07) is 22.3. The van der Waals surface area contributed by atoms with Gasteiger partial charge in [0.2, 0.25) is 5.91 Å². The van der Waals surface area contributed by atoms with Gasteiger partial charge in [0.15, 0.2) is 0 Å². The molecule has 3 N–H and O–H groups in total. The zero-order valence-electron chi connectivity index (χ0n) is 35.4. The number of anilines is 2. The molecule has 0 unspecified atom stereocenters. The predicted molar refractivity (Wildman–Crippen MR) is 235 cm³/mol. The molecule has 1 atom stereocenters. The van der Waals surface area contributed by atoms with Crippen molar-refractivity contribution in [1.29, 1.82) is 0 Å². The summed E-state index contributed by atoms with van der Waals surface area (Å²) in [7, 11) is 3.07.